The van der Waals surface area contributed by atoms with E-state index in [4.69, 9.17) is 0 Å². The number of nitrogens with one attached hydrogen (secondary N) is 2. The van der Waals surface area contributed by atoms with Crippen LogP contribution < -0.4 is 4.90 Å². The summed E-state index contributed by atoms with van der Waals surface area (Å²) in [5.74, 6) is 1.35. The van der Waals surface area contributed by atoms with Crippen LogP contribution in [0.4, 0.5) is 5.95 Å². The van der Waals surface area contributed by atoms with E-state index in [2.05, 4.69) is 25.4 Å². The van der Waals surface area contributed by atoms with Gasteiger partial charge in [-0.25, -0.2) is 0 Å². The van der Waals surface area contributed by atoms with Crippen LogP contribution in [0.1, 0.15) is 0 Å². The van der Waals surface area contributed by atoms with Crippen molar-refractivity contribution in [2.75, 3.05) is 19.0 Å². The van der Waals surface area contributed by atoms with Gasteiger partial charge in [0.1, 0.15) is 5.69 Å². The fourth-order valence-corrected chi connectivity index (χ4v) is 0.961. The van der Waals surface area contributed by atoms with Gasteiger partial charge in [0, 0.05) is 20.3 Å². The Hall–Kier alpha value is -1.85. The average Bonchev–Trinajstić information content (AvgIpc) is 2.75. The van der Waals surface area contributed by atoms with Gasteiger partial charge in [-0.05, 0) is 6.07 Å². The number of aromatic amines is 2. The zero-order chi connectivity index (χ0) is 9.26. The summed E-state index contributed by atoms with van der Waals surface area (Å²) in [6.45, 7) is 0. The quantitative estimate of drug-likeness (QED) is 0.691. The highest BCUT2D eigenvalue weighted by atomic mass is 15.3. The van der Waals surface area contributed by atoms with Crippen LogP contribution in [0, 0.1) is 0 Å². The fourth-order valence-electron chi connectivity index (χ4n) is 0.961. The van der Waals surface area contributed by atoms with E-state index < -0.39 is 0 Å². The van der Waals surface area contributed by atoms with E-state index in [1.807, 2.05) is 25.1 Å². The van der Waals surface area contributed by atoms with Crippen molar-refractivity contribution in [1.82, 2.24) is 25.4 Å². The van der Waals surface area contributed by atoms with Crippen molar-refractivity contribution in [2.45, 2.75) is 0 Å². The van der Waals surface area contributed by atoms with Crippen molar-refractivity contribution in [2.24, 2.45) is 0 Å². The van der Waals surface area contributed by atoms with Gasteiger partial charge in [0.25, 0.3) is 0 Å². The molecule has 0 saturated heterocycles. The Bertz CT molecular complexity index is 373. The first-order valence-electron chi connectivity index (χ1n) is 3.87. The van der Waals surface area contributed by atoms with Gasteiger partial charge < -0.3 is 4.90 Å². The zero-order valence-corrected chi connectivity index (χ0v) is 7.44. The van der Waals surface area contributed by atoms with Crippen LogP contribution in [-0.4, -0.2) is 39.5 Å². The number of hydrogen-bond donors (Lipinski definition) is 2. The van der Waals surface area contributed by atoms with E-state index in [1.165, 1.54) is 0 Å². The van der Waals surface area contributed by atoms with Crippen LogP contribution in [0.25, 0.3) is 11.5 Å². The summed E-state index contributed by atoms with van der Waals surface area (Å²) in [6, 6.07) is 1.83. The van der Waals surface area contributed by atoms with Gasteiger partial charge in [0.15, 0.2) is 5.82 Å². The van der Waals surface area contributed by atoms with Crippen molar-refractivity contribution in [3.8, 4) is 11.5 Å². The third kappa shape index (κ3) is 1.37. The van der Waals surface area contributed by atoms with Crippen molar-refractivity contribution < 1.29 is 0 Å². The van der Waals surface area contributed by atoms with Crippen molar-refractivity contribution in [3.05, 3.63) is 12.3 Å². The Balaban J connectivity index is 2.33. The number of aromatic nitrogens is 5. The van der Waals surface area contributed by atoms with Crippen molar-refractivity contribution in [3.63, 3.8) is 0 Å². The molecule has 0 aromatic carbocycles. The molecule has 2 aromatic heterocycles. The predicted octanol–water partition coefficient (Wildman–Crippen LogP) is 0.261. The molecular weight excluding hydrogens is 168 g/mol. The van der Waals surface area contributed by atoms with Crippen LogP contribution in [0.2, 0.25) is 0 Å². The molecule has 0 saturated carbocycles. The second-order valence-electron chi connectivity index (χ2n) is 2.85. The highest BCUT2D eigenvalue weighted by Crippen LogP contribution is 2.12. The summed E-state index contributed by atoms with van der Waals surface area (Å²) in [4.78, 5) is 6.07. The highest BCUT2D eigenvalue weighted by Gasteiger charge is 2.06. The Morgan fingerprint density at radius 2 is 2.15 bits per heavy atom. The molecule has 0 unspecified atom stereocenters. The molecule has 6 nitrogen and oxygen atoms in total. The van der Waals surface area contributed by atoms with Gasteiger partial charge in [-0.15, -0.1) is 5.10 Å². The molecule has 0 bridgehead atoms. The lowest BCUT2D eigenvalue weighted by Gasteiger charge is -2.03. The first-order valence-corrected chi connectivity index (χ1v) is 3.87. The molecule has 68 valence electrons. The molecular formula is C7H10N6. The lowest BCUT2D eigenvalue weighted by molar-refractivity contribution is 0.998. The summed E-state index contributed by atoms with van der Waals surface area (Å²) in [6.07, 6.45) is 1.67. The maximum absolute atomic E-state index is 4.24. The van der Waals surface area contributed by atoms with E-state index in [0.717, 1.165) is 5.69 Å². The topological polar surface area (TPSA) is 73.5 Å². The number of anilines is 1. The number of hydrogen-bond acceptors (Lipinski definition) is 4. The standard InChI is InChI=1S/C7H10N6/c1-13(2)7-9-6(11-12-7)5-3-4-8-10-5/h3-4H,1-2H3,(H,8,10)(H,9,11,12). The third-order valence-corrected chi connectivity index (χ3v) is 1.63. The number of H-pyrrole nitrogens is 2. The third-order valence-electron chi connectivity index (χ3n) is 1.63. The van der Waals surface area contributed by atoms with Gasteiger partial charge in [-0.1, -0.05) is 0 Å². The molecule has 0 aliphatic rings. The highest BCUT2D eigenvalue weighted by molar-refractivity contribution is 5.49. The van der Waals surface area contributed by atoms with E-state index >= 15 is 0 Å². The van der Waals surface area contributed by atoms with Gasteiger partial charge >= 0.3 is 0 Å². The lowest BCUT2D eigenvalue weighted by Crippen LogP contribution is -2.10. The molecule has 6 heteroatoms. The van der Waals surface area contributed by atoms with Crippen LogP contribution in [0.5, 0.6) is 0 Å². The Morgan fingerprint density at radius 3 is 2.69 bits per heavy atom. The van der Waals surface area contributed by atoms with Crippen LogP contribution in [0.3, 0.4) is 0 Å². The minimum atomic E-state index is 0.657. The molecule has 2 rings (SSSR count). The first-order chi connectivity index (χ1) is 6.27. The summed E-state index contributed by atoms with van der Waals surface area (Å²) in [7, 11) is 3.78. The second kappa shape index (κ2) is 2.89. The molecule has 0 amide bonds. The molecule has 2 aromatic rings. The number of rotatable bonds is 2. The molecule has 0 radical (unpaired) electrons. The SMILES string of the molecule is CN(C)c1n[nH]c(-c2ccn[nH]2)n1. The van der Waals surface area contributed by atoms with Crippen LogP contribution in [-0.2, 0) is 0 Å². The zero-order valence-electron chi connectivity index (χ0n) is 7.44. The summed E-state index contributed by atoms with van der Waals surface area (Å²) in [5.41, 5.74) is 0.834. The molecule has 0 fully saturated rings. The molecule has 0 spiro atoms. The molecule has 2 heterocycles. The summed E-state index contributed by atoms with van der Waals surface area (Å²) in [5, 5.41) is 13.5. The predicted molar refractivity (Wildman–Crippen MR) is 48.3 cm³/mol. The van der Waals surface area contributed by atoms with Gasteiger partial charge in [-0.2, -0.15) is 10.1 Å². The van der Waals surface area contributed by atoms with Crippen LogP contribution >= 0.6 is 0 Å². The number of nitrogens with zero attached hydrogens (tertiary/aromatic N) is 4. The molecule has 2 N–H and O–H groups in total. The van der Waals surface area contributed by atoms with E-state index in [-0.39, 0.29) is 0 Å². The monoisotopic (exact) mass is 178 g/mol. The maximum atomic E-state index is 4.24. The van der Waals surface area contributed by atoms with E-state index in [1.54, 1.807) is 6.20 Å². The Labute approximate surface area is 75.0 Å². The van der Waals surface area contributed by atoms with Gasteiger partial charge in [0.05, 0.1) is 0 Å². The van der Waals surface area contributed by atoms with Gasteiger partial charge in [0.2, 0.25) is 5.95 Å². The maximum Gasteiger partial charge on any atom is 0.244 e. The first kappa shape index (κ1) is 7.78. The minimum Gasteiger partial charge on any atom is -0.346 e. The largest absolute Gasteiger partial charge is 0.346 e. The average molecular weight is 178 g/mol. The normalized spacial score (nSPS) is 10.3. The molecule has 0 aliphatic heterocycles. The summed E-state index contributed by atoms with van der Waals surface area (Å²) < 4.78 is 0. The molecule has 0 atom stereocenters. The fraction of sp³-hybridized carbons (Fsp3) is 0.286. The second-order valence-corrected chi connectivity index (χ2v) is 2.85. The van der Waals surface area contributed by atoms with E-state index in [9.17, 15) is 0 Å². The Kier molecular flexibility index (Phi) is 1.73. The van der Waals surface area contributed by atoms with Crippen molar-refractivity contribution in [1.29, 1.82) is 0 Å². The molecule has 13 heavy (non-hydrogen) atoms. The van der Waals surface area contributed by atoms with Crippen molar-refractivity contribution >= 4 is 5.95 Å². The van der Waals surface area contributed by atoms with E-state index in [0.29, 0.717) is 11.8 Å². The molecule has 0 aliphatic carbocycles. The summed E-state index contributed by atoms with van der Waals surface area (Å²) >= 11 is 0. The smallest absolute Gasteiger partial charge is 0.244 e. The lowest BCUT2D eigenvalue weighted by atomic mass is 10.4. The Morgan fingerprint density at radius 1 is 1.31 bits per heavy atom. The minimum absolute atomic E-state index is 0.657. The van der Waals surface area contributed by atoms with Gasteiger partial charge in [-0.3, -0.25) is 10.2 Å². The van der Waals surface area contributed by atoms with Crippen LogP contribution in [0.15, 0.2) is 12.3 Å².